The molecule has 0 bridgehead atoms. The lowest BCUT2D eigenvalue weighted by Crippen LogP contribution is -2.41. The maximum absolute atomic E-state index is 12.4. The fourth-order valence-electron chi connectivity index (χ4n) is 2.44. The van der Waals surface area contributed by atoms with E-state index < -0.39 is 0 Å². The molecule has 3 N–H and O–H groups in total. The van der Waals surface area contributed by atoms with Crippen LogP contribution in [0.25, 0.3) is 0 Å². The summed E-state index contributed by atoms with van der Waals surface area (Å²) in [6.45, 7) is 4.98. The standard InChI is InChI=1S/C18H25N3O3S.2ClH/c1-12(2)6-14(8-19)21-18(22)13-4-5-16(17(7-13)23-3)24-9-15-10-25-11-20-15;;/h4-5,7,10-12,14H,6,8-9,19H2,1-3H3,(H,21,22);2*1H. The molecular formula is C18H27Cl2N3O3S. The fourth-order valence-corrected chi connectivity index (χ4v) is 2.98. The number of nitrogens with two attached hydrogens (primary N) is 1. The molecule has 1 aromatic heterocycles. The van der Waals surface area contributed by atoms with Gasteiger partial charge in [-0.3, -0.25) is 4.79 Å². The molecule has 0 spiro atoms. The zero-order valence-electron chi connectivity index (χ0n) is 15.6. The van der Waals surface area contributed by atoms with Crippen LogP contribution < -0.4 is 20.5 Å². The second-order valence-corrected chi connectivity index (χ2v) is 6.89. The summed E-state index contributed by atoms with van der Waals surface area (Å²) in [6, 6.07) is 5.09. The second kappa shape index (κ2) is 12.8. The van der Waals surface area contributed by atoms with Crippen LogP contribution in [0.3, 0.4) is 0 Å². The van der Waals surface area contributed by atoms with Crippen molar-refractivity contribution in [2.24, 2.45) is 11.7 Å². The molecule has 2 aromatic rings. The van der Waals surface area contributed by atoms with E-state index in [0.717, 1.165) is 12.1 Å². The Kier molecular flexibility index (Phi) is 12.0. The minimum Gasteiger partial charge on any atom is -0.493 e. The van der Waals surface area contributed by atoms with E-state index in [0.29, 0.717) is 36.1 Å². The number of aromatic nitrogens is 1. The van der Waals surface area contributed by atoms with E-state index in [4.69, 9.17) is 15.2 Å². The molecule has 9 heteroatoms. The Morgan fingerprint density at radius 3 is 2.59 bits per heavy atom. The van der Waals surface area contributed by atoms with Gasteiger partial charge in [-0.15, -0.1) is 36.2 Å². The molecule has 6 nitrogen and oxygen atoms in total. The van der Waals surface area contributed by atoms with Crippen molar-refractivity contribution < 1.29 is 14.3 Å². The Balaban J connectivity index is 0.00000338. The van der Waals surface area contributed by atoms with Crippen molar-refractivity contribution in [1.29, 1.82) is 0 Å². The van der Waals surface area contributed by atoms with Crippen LogP contribution in [0.1, 0.15) is 36.3 Å². The highest BCUT2D eigenvalue weighted by Crippen LogP contribution is 2.29. The summed E-state index contributed by atoms with van der Waals surface area (Å²) in [5, 5.41) is 4.90. The zero-order chi connectivity index (χ0) is 18.2. The number of hydrogen-bond acceptors (Lipinski definition) is 6. The summed E-state index contributed by atoms with van der Waals surface area (Å²) < 4.78 is 11.1. The average Bonchev–Trinajstić information content (AvgIpc) is 3.12. The van der Waals surface area contributed by atoms with Crippen LogP contribution in [0.4, 0.5) is 0 Å². The second-order valence-electron chi connectivity index (χ2n) is 6.17. The van der Waals surface area contributed by atoms with Crippen molar-refractivity contribution in [2.75, 3.05) is 13.7 Å². The quantitative estimate of drug-likeness (QED) is 0.626. The molecule has 1 atom stereocenters. The molecule has 0 radical (unpaired) electrons. The molecule has 1 amide bonds. The van der Waals surface area contributed by atoms with Crippen molar-refractivity contribution in [2.45, 2.75) is 32.9 Å². The number of methoxy groups -OCH3 is 1. The van der Waals surface area contributed by atoms with E-state index in [1.807, 2.05) is 5.38 Å². The number of thiazole rings is 1. The van der Waals surface area contributed by atoms with Gasteiger partial charge < -0.3 is 20.5 Å². The summed E-state index contributed by atoms with van der Waals surface area (Å²) in [5.74, 6) is 1.38. The number of benzene rings is 1. The van der Waals surface area contributed by atoms with Gasteiger partial charge >= 0.3 is 0 Å². The zero-order valence-corrected chi connectivity index (χ0v) is 18.1. The Morgan fingerprint density at radius 1 is 1.30 bits per heavy atom. The van der Waals surface area contributed by atoms with E-state index >= 15 is 0 Å². The Bertz CT molecular complexity index is 684. The van der Waals surface area contributed by atoms with Gasteiger partial charge in [-0.1, -0.05) is 13.8 Å². The van der Waals surface area contributed by atoms with Crippen LogP contribution in [0.2, 0.25) is 0 Å². The predicted molar refractivity (Wildman–Crippen MR) is 114 cm³/mol. The van der Waals surface area contributed by atoms with Crippen LogP contribution in [-0.4, -0.2) is 30.6 Å². The van der Waals surface area contributed by atoms with Gasteiger partial charge in [0.1, 0.15) is 6.61 Å². The average molecular weight is 436 g/mol. The summed E-state index contributed by atoms with van der Waals surface area (Å²) in [4.78, 5) is 16.6. The number of nitrogens with one attached hydrogen (secondary N) is 1. The highest BCUT2D eigenvalue weighted by atomic mass is 35.5. The lowest BCUT2D eigenvalue weighted by atomic mass is 10.0. The first kappa shape index (κ1) is 25.5. The van der Waals surface area contributed by atoms with Crippen LogP contribution in [0, 0.1) is 5.92 Å². The monoisotopic (exact) mass is 435 g/mol. The van der Waals surface area contributed by atoms with Gasteiger partial charge in [0.2, 0.25) is 0 Å². The van der Waals surface area contributed by atoms with E-state index in [2.05, 4.69) is 24.1 Å². The van der Waals surface area contributed by atoms with E-state index in [-0.39, 0.29) is 36.8 Å². The van der Waals surface area contributed by atoms with Crippen LogP contribution in [0.15, 0.2) is 29.1 Å². The molecule has 0 aliphatic heterocycles. The minimum absolute atomic E-state index is 0. The topological polar surface area (TPSA) is 86.5 Å². The van der Waals surface area contributed by atoms with Crippen molar-refractivity contribution in [3.05, 3.63) is 40.3 Å². The van der Waals surface area contributed by atoms with E-state index in [9.17, 15) is 4.79 Å². The lowest BCUT2D eigenvalue weighted by molar-refractivity contribution is 0.0933. The maximum atomic E-state index is 12.4. The molecule has 0 saturated carbocycles. The van der Waals surface area contributed by atoms with Gasteiger partial charge in [0.15, 0.2) is 11.5 Å². The third-order valence-corrected chi connectivity index (χ3v) is 4.30. The Labute approximate surface area is 176 Å². The van der Waals surface area contributed by atoms with Gasteiger partial charge in [0, 0.05) is 23.5 Å². The predicted octanol–water partition coefficient (Wildman–Crippen LogP) is 3.68. The highest BCUT2D eigenvalue weighted by molar-refractivity contribution is 7.07. The van der Waals surface area contributed by atoms with Gasteiger partial charge in [-0.2, -0.15) is 0 Å². The van der Waals surface area contributed by atoms with Crippen LogP contribution >= 0.6 is 36.2 Å². The number of hydrogen-bond donors (Lipinski definition) is 2. The molecule has 0 aliphatic rings. The molecule has 1 aromatic carbocycles. The van der Waals surface area contributed by atoms with Gasteiger partial charge in [-0.05, 0) is 30.5 Å². The number of carbonyl (C=O) groups excluding carboxylic acids is 1. The first-order valence-electron chi connectivity index (χ1n) is 8.22. The molecule has 0 saturated heterocycles. The number of amides is 1. The van der Waals surface area contributed by atoms with Crippen LogP contribution in [-0.2, 0) is 6.61 Å². The summed E-state index contributed by atoms with van der Waals surface area (Å²) in [7, 11) is 1.55. The molecular weight excluding hydrogens is 409 g/mol. The van der Waals surface area contributed by atoms with Crippen molar-refractivity contribution >= 4 is 42.1 Å². The third kappa shape index (κ3) is 7.92. The minimum atomic E-state index is -0.166. The number of rotatable bonds is 9. The number of ether oxygens (including phenoxy) is 2. The highest BCUT2D eigenvalue weighted by Gasteiger charge is 2.16. The van der Waals surface area contributed by atoms with Gasteiger partial charge in [0.05, 0.1) is 18.3 Å². The van der Waals surface area contributed by atoms with Crippen molar-refractivity contribution in [3.63, 3.8) is 0 Å². The molecule has 1 unspecified atom stereocenters. The number of halogens is 2. The fraction of sp³-hybridized carbons (Fsp3) is 0.444. The van der Waals surface area contributed by atoms with E-state index in [1.54, 1.807) is 30.8 Å². The molecule has 0 aliphatic carbocycles. The first-order chi connectivity index (χ1) is 12.0. The van der Waals surface area contributed by atoms with Crippen molar-refractivity contribution in [3.8, 4) is 11.5 Å². The van der Waals surface area contributed by atoms with Crippen LogP contribution in [0.5, 0.6) is 11.5 Å². The Morgan fingerprint density at radius 2 is 2.04 bits per heavy atom. The smallest absolute Gasteiger partial charge is 0.251 e. The summed E-state index contributed by atoms with van der Waals surface area (Å²) in [5.41, 5.74) is 8.88. The molecule has 152 valence electrons. The molecule has 1 heterocycles. The van der Waals surface area contributed by atoms with Gasteiger partial charge in [-0.25, -0.2) is 4.98 Å². The summed E-state index contributed by atoms with van der Waals surface area (Å²) in [6.07, 6.45) is 0.841. The SMILES string of the molecule is COc1cc(C(=O)NC(CN)CC(C)C)ccc1OCc1cscn1.Cl.Cl. The normalized spacial score (nSPS) is 11.1. The van der Waals surface area contributed by atoms with Crippen molar-refractivity contribution in [1.82, 2.24) is 10.3 Å². The molecule has 27 heavy (non-hydrogen) atoms. The first-order valence-corrected chi connectivity index (χ1v) is 9.16. The number of carbonyl (C=O) groups is 1. The summed E-state index contributed by atoms with van der Waals surface area (Å²) >= 11 is 1.52. The Hall–Kier alpha value is -1.54. The molecule has 2 rings (SSSR count). The number of nitrogens with zero attached hydrogens (tertiary/aromatic N) is 1. The molecule has 0 fully saturated rings. The van der Waals surface area contributed by atoms with Gasteiger partial charge in [0.25, 0.3) is 5.91 Å². The third-order valence-electron chi connectivity index (χ3n) is 3.66. The maximum Gasteiger partial charge on any atom is 0.251 e. The largest absolute Gasteiger partial charge is 0.493 e. The lowest BCUT2D eigenvalue weighted by Gasteiger charge is -2.19. The van der Waals surface area contributed by atoms with E-state index in [1.165, 1.54) is 11.3 Å².